The van der Waals surface area contributed by atoms with Gasteiger partial charge in [-0.15, -0.1) is 0 Å². The monoisotopic (exact) mass is 529 g/mol. The third-order valence-electron chi connectivity index (χ3n) is 4.80. The molecule has 13 heteroatoms. The van der Waals surface area contributed by atoms with Crippen molar-refractivity contribution in [3.05, 3.63) is 45.5 Å². The minimum Gasteiger partial charge on any atom is -0.483 e. The van der Waals surface area contributed by atoms with Gasteiger partial charge in [-0.05, 0) is 31.5 Å². The van der Waals surface area contributed by atoms with Crippen LogP contribution in [0.1, 0.15) is 42.3 Å². The number of carbonyl (C=O) groups excluding carboxylic acids is 2. The molecule has 0 spiro atoms. The van der Waals surface area contributed by atoms with Gasteiger partial charge < -0.3 is 25.0 Å². The Kier molecular flexibility index (Phi) is 11.9. The lowest BCUT2D eigenvalue weighted by atomic mass is 10.2. The summed E-state index contributed by atoms with van der Waals surface area (Å²) in [6, 6.07) is 5.58. The number of hydrogen-bond acceptors (Lipinski definition) is 8. The molecule has 0 aliphatic carbocycles. The maximum Gasteiger partial charge on any atom is 0.292 e. The van der Waals surface area contributed by atoms with Crippen molar-refractivity contribution in [3.63, 3.8) is 0 Å². The summed E-state index contributed by atoms with van der Waals surface area (Å²) >= 11 is 12.1. The molecule has 2 amide bonds. The first-order valence-electron chi connectivity index (χ1n) is 11.0. The van der Waals surface area contributed by atoms with Crippen molar-refractivity contribution in [2.45, 2.75) is 45.4 Å². The molecular weight excluding hydrogens is 501 g/mol. The summed E-state index contributed by atoms with van der Waals surface area (Å²) in [5.41, 5.74) is 1.07. The van der Waals surface area contributed by atoms with Crippen molar-refractivity contribution >= 4 is 41.5 Å². The molecule has 1 fully saturated rings. The Morgan fingerprint density at radius 1 is 1.31 bits per heavy atom. The van der Waals surface area contributed by atoms with Crippen LogP contribution in [-0.4, -0.2) is 76.8 Å². The second-order valence-corrected chi connectivity index (χ2v) is 8.84. The number of aromatic nitrogens is 2. The van der Waals surface area contributed by atoms with Crippen LogP contribution in [0.25, 0.3) is 0 Å². The molecule has 0 saturated carbocycles. The van der Waals surface area contributed by atoms with Crippen molar-refractivity contribution in [1.82, 2.24) is 25.7 Å². The fourth-order valence-corrected chi connectivity index (χ4v) is 3.58. The molecule has 1 aromatic heterocycles. The van der Waals surface area contributed by atoms with Crippen LogP contribution in [0.5, 0.6) is 0 Å². The Hall–Kier alpha value is -2.73. The van der Waals surface area contributed by atoms with E-state index in [-0.39, 0.29) is 49.1 Å². The lowest BCUT2D eigenvalue weighted by Crippen LogP contribution is -2.47. The number of morpholine rings is 1. The van der Waals surface area contributed by atoms with Crippen LogP contribution in [0.3, 0.4) is 0 Å². The molecule has 3 N–H and O–H groups in total. The van der Waals surface area contributed by atoms with Gasteiger partial charge in [0, 0.05) is 45.1 Å². The first kappa shape index (κ1) is 28.5. The highest BCUT2D eigenvalue weighted by atomic mass is 35.5. The molecule has 0 unspecified atom stereocenters. The summed E-state index contributed by atoms with van der Waals surface area (Å²) in [5, 5.41) is 17.2. The predicted molar refractivity (Wildman–Crippen MR) is 128 cm³/mol. The van der Waals surface area contributed by atoms with E-state index in [1.165, 1.54) is 0 Å². The summed E-state index contributed by atoms with van der Waals surface area (Å²) in [5.74, 6) is -0.344. The van der Waals surface area contributed by atoms with Gasteiger partial charge in [-0.1, -0.05) is 34.4 Å². The minimum atomic E-state index is -0.403. The van der Waals surface area contributed by atoms with E-state index in [1.807, 2.05) is 26.0 Å². The molecule has 1 aliphatic rings. The Labute approximate surface area is 213 Å². The summed E-state index contributed by atoms with van der Waals surface area (Å²) in [4.78, 5) is 38.7. The number of ether oxygens (including phenoxy) is 1. The number of nitrogens with zero attached hydrogens (tertiary/aromatic N) is 3. The van der Waals surface area contributed by atoms with E-state index in [4.69, 9.17) is 42.4 Å². The zero-order chi connectivity index (χ0) is 25.8. The van der Waals surface area contributed by atoms with E-state index in [0.717, 1.165) is 18.7 Å². The van der Waals surface area contributed by atoms with Crippen molar-refractivity contribution in [2.75, 3.05) is 26.2 Å². The molecule has 1 saturated heterocycles. The van der Waals surface area contributed by atoms with Crippen molar-refractivity contribution in [2.24, 2.45) is 0 Å². The fraction of sp³-hybridized carbons (Fsp3) is 0.500. The van der Waals surface area contributed by atoms with Gasteiger partial charge in [0.2, 0.25) is 11.8 Å². The van der Waals surface area contributed by atoms with Gasteiger partial charge in [-0.2, -0.15) is 4.98 Å². The molecule has 0 radical (unpaired) electrons. The maximum absolute atomic E-state index is 12.2. The van der Waals surface area contributed by atoms with Crippen LogP contribution in [-0.2, 0) is 27.3 Å². The molecule has 1 atom stereocenters. The number of benzene rings is 1. The number of amides is 2. The number of rotatable bonds is 9. The molecule has 0 bridgehead atoms. The molecule has 1 aliphatic heterocycles. The second-order valence-electron chi connectivity index (χ2n) is 8.03. The summed E-state index contributed by atoms with van der Waals surface area (Å²) in [7, 11) is 0. The minimum absolute atomic E-state index is 0.0304. The van der Waals surface area contributed by atoms with Gasteiger partial charge in [0.25, 0.3) is 18.2 Å². The average molecular weight is 530 g/mol. The molecule has 192 valence electrons. The molecule has 2 heterocycles. The van der Waals surface area contributed by atoms with E-state index in [0.29, 0.717) is 29.7 Å². The average Bonchev–Trinajstić information content (AvgIpc) is 3.29. The smallest absolute Gasteiger partial charge is 0.292 e. The van der Waals surface area contributed by atoms with Crippen LogP contribution < -0.4 is 10.6 Å². The third kappa shape index (κ3) is 10.2. The topological polar surface area (TPSA) is 147 Å². The highest BCUT2D eigenvalue weighted by Crippen LogP contribution is 2.23. The number of carbonyl (C=O) groups is 3. The van der Waals surface area contributed by atoms with Crippen LogP contribution in [0.2, 0.25) is 10.0 Å². The molecule has 3 rings (SSSR count). The summed E-state index contributed by atoms with van der Waals surface area (Å²) < 4.78 is 10.8. The zero-order valence-corrected chi connectivity index (χ0v) is 21.0. The number of nitrogens with one attached hydrogen (secondary N) is 2. The standard InChI is InChI=1S/C21H27Cl2N5O4.CH2O2/c1-13(2)25-21(30)20-26-19(32-27-20)6-5-18(29)24-10-15-12-28(7-8-31-15)11-14-3-4-16(22)17(23)9-14;2-1-3/h3-4,9,13,15H,5-8,10-12H2,1-2H3,(H,24,29)(H,25,30);1H,(H,2,3)/t15-;/m0./s1. The van der Waals surface area contributed by atoms with Gasteiger partial charge in [0.05, 0.1) is 22.8 Å². The highest BCUT2D eigenvalue weighted by molar-refractivity contribution is 6.42. The van der Waals surface area contributed by atoms with Crippen molar-refractivity contribution in [3.8, 4) is 0 Å². The lowest BCUT2D eigenvalue weighted by Gasteiger charge is -2.33. The van der Waals surface area contributed by atoms with Gasteiger partial charge in [0.15, 0.2) is 0 Å². The normalized spacial score (nSPS) is 15.7. The zero-order valence-electron chi connectivity index (χ0n) is 19.5. The Morgan fingerprint density at radius 2 is 2.06 bits per heavy atom. The SMILES string of the molecule is CC(C)NC(=O)c1noc(CCC(=O)NC[C@H]2CN(Cc3ccc(Cl)c(Cl)c3)CCO2)n1.O=CO. The fourth-order valence-electron chi connectivity index (χ4n) is 3.26. The number of carboxylic acid groups (broad SMARTS) is 1. The second kappa shape index (κ2) is 14.6. The largest absolute Gasteiger partial charge is 0.483 e. The van der Waals surface area contributed by atoms with Gasteiger partial charge in [0.1, 0.15) is 0 Å². The molecule has 35 heavy (non-hydrogen) atoms. The molecule has 1 aromatic carbocycles. The third-order valence-corrected chi connectivity index (χ3v) is 5.54. The molecule has 11 nitrogen and oxygen atoms in total. The van der Waals surface area contributed by atoms with Crippen molar-refractivity contribution in [1.29, 1.82) is 0 Å². The molecular formula is C22H29Cl2N5O6. The Morgan fingerprint density at radius 3 is 2.74 bits per heavy atom. The number of halogens is 2. The number of aryl methyl sites for hydroxylation is 1. The lowest BCUT2D eigenvalue weighted by molar-refractivity contribution is -0.123. The van der Waals surface area contributed by atoms with Gasteiger partial charge in [-0.3, -0.25) is 19.3 Å². The van der Waals surface area contributed by atoms with E-state index < -0.39 is 5.91 Å². The van der Waals surface area contributed by atoms with E-state index in [1.54, 1.807) is 6.07 Å². The predicted octanol–water partition coefficient (Wildman–Crippen LogP) is 2.17. The first-order valence-corrected chi connectivity index (χ1v) is 11.7. The summed E-state index contributed by atoms with van der Waals surface area (Å²) in [6.07, 6.45) is 0.320. The molecule has 2 aromatic rings. The highest BCUT2D eigenvalue weighted by Gasteiger charge is 2.22. The Balaban J connectivity index is 0.00000137. The van der Waals surface area contributed by atoms with Crippen molar-refractivity contribution < 1.29 is 28.8 Å². The van der Waals surface area contributed by atoms with Crippen LogP contribution in [0, 0.1) is 0 Å². The van der Waals surface area contributed by atoms with Crippen LogP contribution in [0.4, 0.5) is 0 Å². The van der Waals surface area contributed by atoms with Gasteiger partial charge in [-0.25, -0.2) is 0 Å². The summed E-state index contributed by atoms with van der Waals surface area (Å²) in [6.45, 7) is 6.65. The quantitative estimate of drug-likeness (QED) is 0.415. The number of hydrogen-bond donors (Lipinski definition) is 3. The Bertz CT molecular complexity index is 987. The van der Waals surface area contributed by atoms with Crippen LogP contribution >= 0.6 is 23.2 Å². The van der Waals surface area contributed by atoms with E-state index in [2.05, 4.69) is 25.7 Å². The van der Waals surface area contributed by atoms with E-state index in [9.17, 15) is 9.59 Å². The maximum atomic E-state index is 12.2. The van der Waals surface area contributed by atoms with E-state index >= 15 is 0 Å². The van der Waals surface area contributed by atoms with Gasteiger partial charge >= 0.3 is 0 Å². The van der Waals surface area contributed by atoms with Crippen LogP contribution in [0.15, 0.2) is 22.7 Å². The first-order chi connectivity index (χ1) is 16.7.